The molecular weight excluding hydrogens is 230 g/mol. The second-order valence-corrected chi connectivity index (χ2v) is 5.96. The maximum Gasteiger partial charge on any atom is 0.235 e. The summed E-state index contributed by atoms with van der Waals surface area (Å²) in [6, 6.07) is 4.52. The Morgan fingerprint density at radius 3 is 2.94 bits per heavy atom. The Kier molecular flexibility index (Phi) is 2.89. The van der Waals surface area contributed by atoms with E-state index in [1.54, 1.807) is 11.1 Å². The van der Waals surface area contributed by atoms with Crippen molar-refractivity contribution in [3.05, 3.63) is 28.3 Å². The predicted molar refractivity (Wildman–Crippen MR) is 70.5 cm³/mol. The van der Waals surface area contributed by atoms with Crippen molar-refractivity contribution in [3.8, 4) is 0 Å². The molecule has 0 bridgehead atoms. The third kappa shape index (κ3) is 1.78. The van der Waals surface area contributed by atoms with Gasteiger partial charge in [-0.25, -0.2) is 0 Å². The van der Waals surface area contributed by atoms with Gasteiger partial charge in [0.15, 0.2) is 6.54 Å². The number of rotatable bonds is 2. The Hall–Kier alpha value is -0.930. The van der Waals surface area contributed by atoms with E-state index < -0.39 is 0 Å². The summed E-state index contributed by atoms with van der Waals surface area (Å²) in [5, 5.41) is 10.4. The molecule has 2 aromatic rings. The molecule has 0 saturated carbocycles. The topological polar surface area (TPSA) is 24.1 Å². The first-order valence-electron chi connectivity index (χ1n) is 6.36. The van der Waals surface area contributed by atoms with Crippen molar-refractivity contribution in [2.45, 2.75) is 39.2 Å². The van der Waals surface area contributed by atoms with E-state index in [2.05, 4.69) is 23.6 Å². The quantitative estimate of drug-likeness (QED) is 0.811. The molecule has 1 aromatic heterocycles. The van der Waals surface area contributed by atoms with Crippen LogP contribution in [-0.2, 0) is 19.4 Å². The molecule has 0 atom stereocenters. The average molecular weight is 248 g/mol. The minimum Gasteiger partial charge on any atom is -0.390 e. The monoisotopic (exact) mass is 248 g/mol. The summed E-state index contributed by atoms with van der Waals surface area (Å²) in [6.07, 6.45) is 5.12. The number of nitrogens with zero attached hydrogens (tertiary/aromatic N) is 1. The lowest BCUT2D eigenvalue weighted by Gasteiger charge is -2.14. The summed E-state index contributed by atoms with van der Waals surface area (Å²) in [6.45, 7) is 3.08. The Bertz CT molecular complexity index is 559. The first-order valence-corrected chi connectivity index (χ1v) is 7.17. The number of fused-ring (bicyclic) bond motifs is 3. The highest BCUT2D eigenvalue weighted by molar-refractivity contribution is 7.18. The summed E-state index contributed by atoms with van der Waals surface area (Å²) in [5.74, 6) is 0. The van der Waals surface area contributed by atoms with Gasteiger partial charge in [-0.05, 0) is 36.8 Å². The Labute approximate surface area is 106 Å². The van der Waals surface area contributed by atoms with Crippen LogP contribution in [0.4, 0.5) is 0 Å². The Morgan fingerprint density at radius 2 is 2.12 bits per heavy atom. The van der Waals surface area contributed by atoms with Crippen molar-refractivity contribution in [2.75, 3.05) is 6.61 Å². The van der Waals surface area contributed by atoms with Crippen LogP contribution in [0.2, 0.25) is 0 Å². The third-order valence-corrected chi connectivity index (χ3v) is 4.88. The molecule has 90 valence electrons. The molecule has 0 fully saturated rings. The number of hydrogen-bond acceptors (Lipinski definition) is 2. The Balaban J connectivity index is 2.23. The number of aliphatic hydroxyl groups excluding tert-OH is 1. The summed E-state index contributed by atoms with van der Waals surface area (Å²) < 4.78 is 3.70. The van der Waals surface area contributed by atoms with Gasteiger partial charge in [-0.2, -0.15) is 4.57 Å². The molecule has 1 aliphatic carbocycles. The molecule has 3 rings (SSSR count). The van der Waals surface area contributed by atoms with E-state index in [1.165, 1.54) is 40.9 Å². The molecule has 0 saturated heterocycles. The number of aliphatic hydroxyl groups is 1. The van der Waals surface area contributed by atoms with E-state index in [-0.39, 0.29) is 6.61 Å². The smallest absolute Gasteiger partial charge is 0.235 e. The van der Waals surface area contributed by atoms with Gasteiger partial charge >= 0.3 is 0 Å². The van der Waals surface area contributed by atoms with Gasteiger partial charge in [-0.15, -0.1) is 0 Å². The van der Waals surface area contributed by atoms with Crippen LogP contribution >= 0.6 is 11.3 Å². The summed E-state index contributed by atoms with van der Waals surface area (Å²) >= 11 is 1.89. The molecule has 0 amide bonds. The molecule has 1 aromatic carbocycles. The maximum absolute atomic E-state index is 9.14. The van der Waals surface area contributed by atoms with E-state index in [1.807, 2.05) is 11.3 Å². The lowest BCUT2D eigenvalue weighted by molar-refractivity contribution is -0.674. The zero-order valence-electron chi connectivity index (χ0n) is 10.2. The van der Waals surface area contributed by atoms with Gasteiger partial charge in [0, 0.05) is 13.0 Å². The molecule has 0 spiro atoms. The van der Waals surface area contributed by atoms with Gasteiger partial charge in [0.1, 0.15) is 11.3 Å². The lowest BCUT2D eigenvalue weighted by atomic mass is 9.91. The Morgan fingerprint density at radius 1 is 1.29 bits per heavy atom. The fourth-order valence-corrected chi connectivity index (χ4v) is 4.09. The number of aromatic nitrogens is 1. The zero-order valence-corrected chi connectivity index (χ0v) is 11.0. The molecule has 1 N–H and O–H groups in total. The first-order chi connectivity index (χ1) is 8.31. The highest BCUT2D eigenvalue weighted by Crippen LogP contribution is 2.31. The normalized spacial score (nSPS) is 15.2. The summed E-state index contributed by atoms with van der Waals surface area (Å²) in [7, 11) is 0. The van der Waals surface area contributed by atoms with Gasteiger partial charge in [-0.1, -0.05) is 17.4 Å². The van der Waals surface area contributed by atoms with Crippen LogP contribution in [-0.4, -0.2) is 11.7 Å². The van der Waals surface area contributed by atoms with E-state index >= 15 is 0 Å². The minimum absolute atomic E-state index is 0.217. The van der Waals surface area contributed by atoms with Gasteiger partial charge in [0.2, 0.25) is 10.5 Å². The van der Waals surface area contributed by atoms with E-state index in [4.69, 9.17) is 5.11 Å². The molecule has 0 unspecified atom stereocenters. The average Bonchev–Trinajstić information content (AvgIpc) is 2.67. The number of benzene rings is 1. The minimum atomic E-state index is 0.217. The van der Waals surface area contributed by atoms with Crippen molar-refractivity contribution in [1.29, 1.82) is 0 Å². The molecule has 1 heterocycles. The van der Waals surface area contributed by atoms with Crippen molar-refractivity contribution in [3.63, 3.8) is 0 Å². The van der Waals surface area contributed by atoms with Gasteiger partial charge in [-0.3, -0.25) is 0 Å². The number of aryl methyl sites for hydroxylation is 3. The van der Waals surface area contributed by atoms with Crippen molar-refractivity contribution < 1.29 is 9.67 Å². The second kappa shape index (κ2) is 4.39. The van der Waals surface area contributed by atoms with Crippen LogP contribution in [0.15, 0.2) is 12.1 Å². The van der Waals surface area contributed by atoms with Crippen LogP contribution in [0.5, 0.6) is 0 Å². The molecule has 0 aliphatic heterocycles. The van der Waals surface area contributed by atoms with Crippen molar-refractivity contribution >= 4 is 21.6 Å². The van der Waals surface area contributed by atoms with Gasteiger partial charge in [0.25, 0.3) is 0 Å². The molecule has 0 radical (unpaired) electrons. The lowest BCUT2D eigenvalue weighted by Crippen LogP contribution is -2.36. The fourth-order valence-electron chi connectivity index (χ4n) is 2.86. The van der Waals surface area contributed by atoms with E-state index in [0.717, 1.165) is 0 Å². The molecule has 2 nitrogen and oxygen atoms in total. The van der Waals surface area contributed by atoms with Gasteiger partial charge in [0.05, 0.1) is 0 Å². The highest BCUT2D eigenvalue weighted by atomic mass is 32.1. The van der Waals surface area contributed by atoms with Crippen LogP contribution in [0.3, 0.4) is 0 Å². The standard InChI is InChI=1S/C14H18NOS/c1-10-15(8-9-16)13-7-6-11-4-2-3-5-12(11)14(13)17-10/h6-7,16H,2-5,8-9H2,1H3/q+1. The van der Waals surface area contributed by atoms with Crippen LogP contribution in [0, 0.1) is 6.92 Å². The van der Waals surface area contributed by atoms with Gasteiger partial charge < -0.3 is 5.11 Å². The van der Waals surface area contributed by atoms with Crippen LogP contribution in [0.25, 0.3) is 10.2 Å². The fraction of sp³-hybridized carbons (Fsp3) is 0.500. The maximum atomic E-state index is 9.14. The van der Waals surface area contributed by atoms with Crippen LogP contribution in [0.1, 0.15) is 29.0 Å². The molecular formula is C14H18NOS+. The van der Waals surface area contributed by atoms with Crippen molar-refractivity contribution in [1.82, 2.24) is 0 Å². The summed E-state index contributed by atoms with van der Waals surface area (Å²) in [4.78, 5) is 0. The largest absolute Gasteiger partial charge is 0.390 e. The third-order valence-electron chi connectivity index (χ3n) is 3.70. The molecule has 3 heteroatoms. The van der Waals surface area contributed by atoms with E-state index in [9.17, 15) is 0 Å². The van der Waals surface area contributed by atoms with Crippen molar-refractivity contribution in [2.24, 2.45) is 0 Å². The highest BCUT2D eigenvalue weighted by Gasteiger charge is 2.22. The van der Waals surface area contributed by atoms with Crippen LogP contribution < -0.4 is 4.57 Å². The number of thiazole rings is 1. The second-order valence-electron chi connectivity index (χ2n) is 4.75. The van der Waals surface area contributed by atoms with E-state index in [0.29, 0.717) is 6.54 Å². The zero-order chi connectivity index (χ0) is 11.8. The molecule has 1 aliphatic rings. The summed E-state index contributed by atoms with van der Waals surface area (Å²) in [5.41, 5.74) is 4.42. The SMILES string of the molecule is Cc1sc2c3c(ccc2[n+]1CCO)CCCC3. The number of hydrogen-bond donors (Lipinski definition) is 1. The predicted octanol–water partition coefficient (Wildman–Crippen LogP) is 2.37. The first kappa shape index (κ1) is 11.2. The molecule has 17 heavy (non-hydrogen) atoms.